The van der Waals surface area contributed by atoms with Crippen molar-refractivity contribution in [3.05, 3.63) is 59.7 Å². The molecule has 1 atom stereocenters. The molecule has 0 aliphatic rings. The summed E-state index contributed by atoms with van der Waals surface area (Å²) in [6.45, 7) is 5.07. The van der Waals surface area contributed by atoms with Gasteiger partial charge in [-0.15, -0.1) is 0 Å². The lowest BCUT2D eigenvalue weighted by molar-refractivity contribution is 0.228. The van der Waals surface area contributed by atoms with Crippen LogP contribution in [0.3, 0.4) is 0 Å². The van der Waals surface area contributed by atoms with Gasteiger partial charge in [0.05, 0.1) is 6.54 Å². The zero-order chi connectivity index (χ0) is 16.2. The van der Waals surface area contributed by atoms with Gasteiger partial charge in [-0.2, -0.15) is 5.10 Å². The highest BCUT2D eigenvalue weighted by Gasteiger charge is 2.14. The van der Waals surface area contributed by atoms with Gasteiger partial charge in [-0.3, -0.25) is 15.0 Å². The van der Waals surface area contributed by atoms with Crippen molar-refractivity contribution in [2.45, 2.75) is 32.9 Å². The van der Waals surface area contributed by atoms with Gasteiger partial charge < -0.3 is 4.42 Å². The van der Waals surface area contributed by atoms with Crippen LogP contribution >= 0.6 is 0 Å². The van der Waals surface area contributed by atoms with Crippen LogP contribution in [0.4, 0.5) is 0 Å². The molecule has 1 N–H and O–H groups in total. The zero-order valence-corrected chi connectivity index (χ0v) is 13.8. The number of furan rings is 1. The molecule has 0 radical (unpaired) electrons. The number of nitrogens with one attached hydrogen (secondary N) is 1. The SMILES string of the molecule is Cc1ccnc(C[C@H](C)N(C)Cc2ccc(-c3ccn[nH]3)o2)c1. The Hall–Kier alpha value is -2.40. The molecule has 0 unspecified atom stereocenters. The van der Waals surface area contributed by atoms with Gasteiger partial charge in [-0.1, -0.05) is 0 Å². The average molecular weight is 310 g/mol. The molecule has 0 spiro atoms. The van der Waals surface area contributed by atoms with Crippen molar-refractivity contribution in [3.63, 3.8) is 0 Å². The number of rotatable bonds is 6. The number of aromatic amines is 1. The molecular formula is C18H22N4O. The van der Waals surface area contributed by atoms with Crippen molar-refractivity contribution in [3.8, 4) is 11.5 Å². The lowest BCUT2D eigenvalue weighted by Gasteiger charge is -2.23. The maximum atomic E-state index is 5.89. The quantitative estimate of drug-likeness (QED) is 0.758. The smallest absolute Gasteiger partial charge is 0.152 e. The van der Waals surface area contributed by atoms with Gasteiger partial charge in [0.25, 0.3) is 0 Å². The van der Waals surface area contributed by atoms with E-state index in [1.54, 1.807) is 6.20 Å². The first kappa shape index (κ1) is 15.5. The fourth-order valence-corrected chi connectivity index (χ4v) is 2.57. The summed E-state index contributed by atoms with van der Waals surface area (Å²) < 4.78 is 5.89. The van der Waals surface area contributed by atoms with E-state index in [1.165, 1.54) is 5.56 Å². The monoisotopic (exact) mass is 310 g/mol. The molecule has 5 nitrogen and oxygen atoms in total. The maximum absolute atomic E-state index is 5.89. The molecular weight excluding hydrogens is 288 g/mol. The Balaban J connectivity index is 1.61. The number of pyridine rings is 1. The van der Waals surface area contributed by atoms with Crippen LogP contribution < -0.4 is 0 Å². The van der Waals surface area contributed by atoms with Gasteiger partial charge in [0, 0.05) is 30.6 Å². The molecule has 0 aromatic carbocycles. The summed E-state index contributed by atoms with van der Waals surface area (Å²) in [4.78, 5) is 6.72. The molecule has 0 fully saturated rings. The Bertz CT molecular complexity index is 748. The number of H-pyrrole nitrogens is 1. The van der Waals surface area contributed by atoms with Crippen LogP contribution in [-0.4, -0.2) is 33.2 Å². The van der Waals surface area contributed by atoms with E-state index in [0.29, 0.717) is 6.04 Å². The fraction of sp³-hybridized carbons (Fsp3) is 0.333. The van der Waals surface area contributed by atoms with Crippen LogP contribution in [0.2, 0.25) is 0 Å². The van der Waals surface area contributed by atoms with E-state index >= 15 is 0 Å². The number of aromatic nitrogens is 3. The predicted molar refractivity (Wildman–Crippen MR) is 89.9 cm³/mol. The third-order valence-electron chi connectivity index (χ3n) is 4.06. The molecule has 0 saturated heterocycles. The molecule has 3 aromatic rings. The highest BCUT2D eigenvalue weighted by molar-refractivity contribution is 5.51. The summed E-state index contributed by atoms with van der Waals surface area (Å²) in [5.74, 6) is 1.76. The third-order valence-corrected chi connectivity index (χ3v) is 4.06. The van der Waals surface area contributed by atoms with Crippen LogP contribution in [0.1, 0.15) is 23.9 Å². The van der Waals surface area contributed by atoms with Gasteiger partial charge in [0.2, 0.25) is 0 Å². The van der Waals surface area contributed by atoms with Crippen molar-refractivity contribution in [1.82, 2.24) is 20.1 Å². The Morgan fingerprint density at radius 3 is 2.83 bits per heavy atom. The Kier molecular flexibility index (Phi) is 4.57. The second-order valence-electron chi connectivity index (χ2n) is 6.03. The van der Waals surface area contributed by atoms with Gasteiger partial charge in [-0.25, -0.2) is 0 Å². The Morgan fingerprint density at radius 2 is 2.09 bits per heavy atom. The standard InChI is InChI=1S/C18H22N4O/c1-13-6-8-19-15(10-13)11-14(2)22(3)12-16-4-5-18(23-16)17-7-9-20-21-17/h4-10,14H,11-12H2,1-3H3,(H,20,21)/t14-/m0/s1. The number of aryl methyl sites for hydroxylation is 1. The largest absolute Gasteiger partial charge is 0.458 e. The van der Waals surface area contributed by atoms with Gasteiger partial charge >= 0.3 is 0 Å². The van der Waals surface area contributed by atoms with E-state index in [9.17, 15) is 0 Å². The first-order chi connectivity index (χ1) is 11.1. The molecule has 5 heteroatoms. The van der Waals surface area contributed by atoms with Crippen molar-refractivity contribution >= 4 is 0 Å². The van der Waals surface area contributed by atoms with E-state index in [4.69, 9.17) is 4.42 Å². The van der Waals surface area contributed by atoms with Crippen molar-refractivity contribution < 1.29 is 4.42 Å². The minimum Gasteiger partial charge on any atom is -0.458 e. The molecule has 3 aromatic heterocycles. The zero-order valence-electron chi connectivity index (χ0n) is 13.8. The van der Waals surface area contributed by atoms with Gasteiger partial charge in [-0.05, 0) is 56.8 Å². The minimum atomic E-state index is 0.380. The van der Waals surface area contributed by atoms with Crippen LogP contribution in [0.25, 0.3) is 11.5 Å². The molecule has 0 bridgehead atoms. The summed E-state index contributed by atoms with van der Waals surface area (Å²) >= 11 is 0. The Labute approximate surface area is 136 Å². The van der Waals surface area contributed by atoms with Gasteiger partial charge in [0.15, 0.2) is 5.76 Å². The molecule has 0 aliphatic heterocycles. The highest BCUT2D eigenvalue weighted by Crippen LogP contribution is 2.21. The van der Waals surface area contributed by atoms with E-state index in [-0.39, 0.29) is 0 Å². The van der Waals surface area contributed by atoms with E-state index in [0.717, 1.165) is 35.9 Å². The van der Waals surface area contributed by atoms with E-state index < -0.39 is 0 Å². The number of nitrogens with zero attached hydrogens (tertiary/aromatic N) is 3. The lowest BCUT2D eigenvalue weighted by Crippen LogP contribution is -2.30. The van der Waals surface area contributed by atoms with Crippen LogP contribution in [-0.2, 0) is 13.0 Å². The van der Waals surface area contributed by atoms with Gasteiger partial charge in [0.1, 0.15) is 11.5 Å². The molecule has 0 saturated carbocycles. The van der Waals surface area contributed by atoms with Crippen molar-refractivity contribution in [2.75, 3.05) is 7.05 Å². The first-order valence-electron chi connectivity index (χ1n) is 7.82. The second-order valence-corrected chi connectivity index (χ2v) is 6.03. The van der Waals surface area contributed by atoms with E-state index in [1.807, 2.05) is 30.5 Å². The normalized spacial score (nSPS) is 12.7. The number of hydrogen-bond donors (Lipinski definition) is 1. The average Bonchev–Trinajstić information content (AvgIpc) is 3.17. The second kappa shape index (κ2) is 6.79. The van der Waals surface area contributed by atoms with E-state index in [2.05, 4.69) is 47.0 Å². The summed E-state index contributed by atoms with van der Waals surface area (Å²) in [6, 6.07) is 10.4. The molecule has 3 rings (SSSR count). The first-order valence-corrected chi connectivity index (χ1v) is 7.82. The summed E-state index contributed by atoms with van der Waals surface area (Å²) in [7, 11) is 2.11. The summed E-state index contributed by atoms with van der Waals surface area (Å²) in [5.41, 5.74) is 3.28. The summed E-state index contributed by atoms with van der Waals surface area (Å²) in [6.07, 6.45) is 4.52. The van der Waals surface area contributed by atoms with Crippen molar-refractivity contribution in [2.24, 2.45) is 0 Å². The molecule has 3 heterocycles. The predicted octanol–water partition coefficient (Wildman–Crippen LogP) is 3.44. The lowest BCUT2D eigenvalue weighted by atomic mass is 10.1. The van der Waals surface area contributed by atoms with Crippen LogP contribution in [0.15, 0.2) is 47.1 Å². The van der Waals surface area contributed by atoms with Crippen molar-refractivity contribution in [1.29, 1.82) is 0 Å². The molecule has 0 aliphatic carbocycles. The maximum Gasteiger partial charge on any atom is 0.152 e. The molecule has 120 valence electrons. The molecule has 0 amide bonds. The fourth-order valence-electron chi connectivity index (χ4n) is 2.57. The number of hydrogen-bond acceptors (Lipinski definition) is 4. The third kappa shape index (κ3) is 3.87. The minimum absolute atomic E-state index is 0.380. The highest BCUT2D eigenvalue weighted by atomic mass is 16.3. The topological polar surface area (TPSA) is 58.0 Å². The summed E-state index contributed by atoms with van der Waals surface area (Å²) in [5, 5.41) is 6.86. The van der Waals surface area contributed by atoms with Crippen LogP contribution in [0, 0.1) is 6.92 Å². The number of likely N-dealkylation sites (N-methyl/N-ethyl adjacent to an activating group) is 1. The van der Waals surface area contributed by atoms with Crippen LogP contribution in [0.5, 0.6) is 0 Å². The Morgan fingerprint density at radius 1 is 1.22 bits per heavy atom. The molecule has 23 heavy (non-hydrogen) atoms.